The quantitative estimate of drug-likeness (QED) is 0.765. The Bertz CT molecular complexity index is 238. The van der Waals surface area contributed by atoms with E-state index in [1.54, 1.807) is 0 Å². The van der Waals surface area contributed by atoms with Gasteiger partial charge < -0.3 is 9.84 Å². The van der Waals surface area contributed by atoms with E-state index in [-0.39, 0.29) is 5.60 Å². The molecule has 1 unspecified atom stereocenters. The molecule has 1 atom stereocenters. The fourth-order valence-corrected chi connectivity index (χ4v) is 1.78. The number of carboxylic acids is 1. The molecule has 88 valence electrons. The first-order valence-electron chi connectivity index (χ1n) is 5.63. The van der Waals surface area contributed by atoms with Gasteiger partial charge in [0.25, 0.3) is 0 Å². The van der Waals surface area contributed by atoms with Gasteiger partial charge in [-0.1, -0.05) is 0 Å². The summed E-state index contributed by atoms with van der Waals surface area (Å²) in [5.74, 6) is -0.318. The lowest BCUT2D eigenvalue weighted by molar-refractivity contribution is -0.151. The average Bonchev–Trinajstić information content (AvgIpc) is 2.82. The van der Waals surface area contributed by atoms with E-state index in [9.17, 15) is 9.90 Å². The average molecular weight is 214 g/mol. The predicted molar refractivity (Wildman–Crippen MR) is 58.8 cm³/mol. The summed E-state index contributed by atoms with van der Waals surface area (Å²) in [5.41, 5.74) is -0.756. The molecule has 15 heavy (non-hydrogen) atoms. The molecular weight excluding hydrogens is 192 g/mol. The maximum Gasteiger partial charge on any atom is 0.309 e. The van der Waals surface area contributed by atoms with Crippen LogP contribution in [0, 0.1) is 11.3 Å². The summed E-state index contributed by atoms with van der Waals surface area (Å²) >= 11 is 0. The Morgan fingerprint density at radius 1 is 1.33 bits per heavy atom. The number of ether oxygens (including phenoxy) is 1. The number of hydrogen-bond donors (Lipinski definition) is 1. The van der Waals surface area contributed by atoms with Crippen LogP contribution in [0.25, 0.3) is 0 Å². The SMILES string of the molecule is CC(C)(C)OCCC(C)(C(=O)O)C1CC1. The highest BCUT2D eigenvalue weighted by atomic mass is 16.5. The molecule has 3 heteroatoms. The van der Waals surface area contributed by atoms with Crippen LogP contribution in [0.2, 0.25) is 0 Å². The first-order valence-corrected chi connectivity index (χ1v) is 5.63. The van der Waals surface area contributed by atoms with E-state index in [1.165, 1.54) is 0 Å². The predicted octanol–water partition coefficient (Wildman–Crippen LogP) is 2.69. The fraction of sp³-hybridized carbons (Fsp3) is 0.917. The highest BCUT2D eigenvalue weighted by molar-refractivity contribution is 5.75. The van der Waals surface area contributed by atoms with Crippen LogP contribution in [0.1, 0.15) is 47.0 Å². The third-order valence-electron chi connectivity index (χ3n) is 3.12. The summed E-state index contributed by atoms with van der Waals surface area (Å²) in [6.07, 6.45) is 2.72. The van der Waals surface area contributed by atoms with Crippen molar-refractivity contribution < 1.29 is 14.6 Å². The maximum absolute atomic E-state index is 11.2. The lowest BCUT2D eigenvalue weighted by Crippen LogP contribution is -2.33. The minimum absolute atomic E-state index is 0.178. The Labute approximate surface area is 91.8 Å². The minimum Gasteiger partial charge on any atom is -0.481 e. The van der Waals surface area contributed by atoms with E-state index in [4.69, 9.17) is 4.74 Å². The molecule has 0 heterocycles. The van der Waals surface area contributed by atoms with Gasteiger partial charge >= 0.3 is 5.97 Å². The zero-order chi connectivity index (χ0) is 11.7. The van der Waals surface area contributed by atoms with E-state index in [2.05, 4.69) is 0 Å². The number of aliphatic carboxylic acids is 1. The molecule has 1 saturated carbocycles. The third-order valence-corrected chi connectivity index (χ3v) is 3.12. The molecule has 1 N–H and O–H groups in total. The van der Waals surface area contributed by atoms with Crippen LogP contribution in [-0.2, 0) is 9.53 Å². The Balaban J connectivity index is 2.43. The standard InChI is InChI=1S/C12H22O3/c1-11(2,3)15-8-7-12(4,10(13)14)9-5-6-9/h9H,5-8H2,1-4H3,(H,13,14). The Morgan fingerprint density at radius 3 is 2.20 bits per heavy atom. The number of carboxylic acid groups (broad SMARTS) is 1. The highest BCUT2D eigenvalue weighted by Gasteiger charge is 2.47. The second-order valence-electron chi connectivity index (χ2n) is 5.71. The van der Waals surface area contributed by atoms with Crippen molar-refractivity contribution in [2.75, 3.05) is 6.61 Å². The minimum atomic E-state index is -0.678. The molecule has 0 aliphatic heterocycles. The van der Waals surface area contributed by atoms with Crippen molar-refractivity contribution in [3.63, 3.8) is 0 Å². The number of hydrogen-bond acceptors (Lipinski definition) is 2. The topological polar surface area (TPSA) is 46.5 Å². The smallest absolute Gasteiger partial charge is 0.309 e. The van der Waals surface area contributed by atoms with Gasteiger partial charge in [-0.3, -0.25) is 4.79 Å². The van der Waals surface area contributed by atoms with Crippen LogP contribution in [0.5, 0.6) is 0 Å². The summed E-state index contributed by atoms with van der Waals surface area (Å²) in [6.45, 7) is 8.34. The maximum atomic E-state index is 11.2. The lowest BCUT2D eigenvalue weighted by Gasteiger charge is -2.27. The molecule has 0 aromatic carbocycles. The van der Waals surface area contributed by atoms with Crippen LogP contribution in [0.4, 0.5) is 0 Å². The summed E-state index contributed by atoms with van der Waals surface area (Å²) in [5, 5.41) is 9.22. The molecule has 1 aliphatic carbocycles. The van der Waals surface area contributed by atoms with Gasteiger partial charge in [-0.2, -0.15) is 0 Å². The van der Waals surface area contributed by atoms with Crippen molar-refractivity contribution in [3.05, 3.63) is 0 Å². The van der Waals surface area contributed by atoms with E-state index < -0.39 is 11.4 Å². The van der Waals surface area contributed by atoms with Gasteiger partial charge in [0, 0.05) is 6.61 Å². The molecule has 0 aromatic rings. The normalized spacial score (nSPS) is 21.1. The lowest BCUT2D eigenvalue weighted by atomic mass is 9.82. The second-order valence-corrected chi connectivity index (χ2v) is 5.71. The van der Waals surface area contributed by atoms with Crippen molar-refractivity contribution in [1.82, 2.24) is 0 Å². The molecule has 0 spiro atoms. The van der Waals surface area contributed by atoms with Gasteiger partial charge in [0.15, 0.2) is 0 Å². The van der Waals surface area contributed by atoms with Gasteiger partial charge in [-0.05, 0) is 52.9 Å². The number of rotatable bonds is 5. The number of carbonyl (C=O) groups is 1. The van der Waals surface area contributed by atoms with E-state index in [1.807, 2.05) is 27.7 Å². The molecule has 1 aliphatic rings. The summed E-state index contributed by atoms with van der Waals surface area (Å²) in [7, 11) is 0. The van der Waals surface area contributed by atoms with Gasteiger partial charge in [0.05, 0.1) is 11.0 Å². The third kappa shape index (κ3) is 3.49. The van der Waals surface area contributed by atoms with Gasteiger partial charge in [-0.25, -0.2) is 0 Å². The Morgan fingerprint density at radius 2 is 1.87 bits per heavy atom. The van der Waals surface area contributed by atoms with E-state index in [0.717, 1.165) is 12.8 Å². The van der Waals surface area contributed by atoms with Crippen molar-refractivity contribution in [2.24, 2.45) is 11.3 Å². The fourth-order valence-electron chi connectivity index (χ4n) is 1.78. The highest BCUT2D eigenvalue weighted by Crippen LogP contribution is 2.47. The van der Waals surface area contributed by atoms with Crippen LogP contribution in [0.15, 0.2) is 0 Å². The van der Waals surface area contributed by atoms with Gasteiger partial charge in [0.2, 0.25) is 0 Å². The van der Waals surface area contributed by atoms with Crippen molar-refractivity contribution in [3.8, 4) is 0 Å². The van der Waals surface area contributed by atoms with Crippen LogP contribution in [-0.4, -0.2) is 23.3 Å². The summed E-state index contributed by atoms with van der Waals surface area (Å²) < 4.78 is 5.59. The molecule has 0 radical (unpaired) electrons. The molecule has 0 bridgehead atoms. The van der Waals surface area contributed by atoms with Gasteiger partial charge in [0.1, 0.15) is 0 Å². The van der Waals surface area contributed by atoms with Crippen LogP contribution in [0.3, 0.4) is 0 Å². The first kappa shape index (κ1) is 12.5. The summed E-state index contributed by atoms with van der Waals surface area (Å²) in [6, 6.07) is 0. The van der Waals surface area contributed by atoms with Crippen LogP contribution < -0.4 is 0 Å². The van der Waals surface area contributed by atoms with Crippen molar-refractivity contribution >= 4 is 5.97 Å². The Kier molecular flexibility index (Phi) is 3.44. The molecule has 0 amide bonds. The monoisotopic (exact) mass is 214 g/mol. The van der Waals surface area contributed by atoms with Crippen molar-refractivity contribution in [2.45, 2.75) is 52.6 Å². The molecule has 0 aromatic heterocycles. The van der Waals surface area contributed by atoms with Crippen molar-refractivity contribution in [1.29, 1.82) is 0 Å². The Hall–Kier alpha value is -0.570. The summed E-state index contributed by atoms with van der Waals surface area (Å²) in [4.78, 5) is 11.2. The van der Waals surface area contributed by atoms with E-state index in [0.29, 0.717) is 18.9 Å². The largest absolute Gasteiger partial charge is 0.481 e. The first-order chi connectivity index (χ1) is 6.76. The van der Waals surface area contributed by atoms with Gasteiger partial charge in [-0.15, -0.1) is 0 Å². The zero-order valence-electron chi connectivity index (χ0n) is 10.2. The van der Waals surface area contributed by atoms with E-state index >= 15 is 0 Å². The molecule has 0 saturated heterocycles. The second kappa shape index (κ2) is 4.12. The molecular formula is C12H22O3. The molecule has 3 nitrogen and oxygen atoms in total. The molecule has 1 rings (SSSR count). The molecule has 1 fully saturated rings. The zero-order valence-corrected chi connectivity index (χ0v) is 10.2. The van der Waals surface area contributed by atoms with Crippen LogP contribution >= 0.6 is 0 Å².